The zero-order chi connectivity index (χ0) is 16.8. The lowest BCUT2D eigenvalue weighted by Crippen LogP contribution is -2.32. The van der Waals surface area contributed by atoms with E-state index in [0.717, 1.165) is 21.7 Å². The van der Waals surface area contributed by atoms with Crippen molar-refractivity contribution in [3.05, 3.63) is 59.2 Å². The number of carbonyl (C=O) groups is 2. The largest absolute Gasteiger partial charge is 0.343 e. The Hall–Kier alpha value is -2.27. The van der Waals surface area contributed by atoms with Gasteiger partial charge in [-0.1, -0.05) is 12.1 Å². The van der Waals surface area contributed by atoms with Crippen molar-refractivity contribution in [3.63, 3.8) is 0 Å². The third-order valence-corrected chi connectivity index (χ3v) is 4.26. The highest BCUT2D eigenvalue weighted by Gasteiger charge is 2.09. The summed E-state index contributed by atoms with van der Waals surface area (Å²) in [6.45, 7) is 3.89. The summed E-state index contributed by atoms with van der Waals surface area (Å²) >= 11 is 1.61. The van der Waals surface area contributed by atoms with Crippen molar-refractivity contribution < 1.29 is 9.59 Å². The first-order valence-electron chi connectivity index (χ1n) is 7.29. The van der Waals surface area contributed by atoms with E-state index >= 15 is 0 Å². The molecular weight excluding hydrogens is 308 g/mol. The summed E-state index contributed by atoms with van der Waals surface area (Å²) in [5, 5.41) is 5.42. The first-order valence-corrected chi connectivity index (χ1v) is 8.51. The van der Waals surface area contributed by atoms with E-state index in [1.807, 2.05) is 56.5 Å². The molecule has 2 N–H and O–H groups in total. The molecule has 0 bridgehead atoms. The van der Waals surface area contributed by atoms with Crippen LogP contribution in [-0.2, 0) is 4.79 Å². The van der Waals surface area contributed by atoms with Crippen LogP contribution in [-0.4, -0.2) is 24.6 Å². The molecule has 4 nitrogen and oxygen atoms in total. The average Bonchev–Trinajstić information content (AvgIpc) is 2.55. The fourth-order valence-electron chi connectivity index (χ4n) is 2.05. The quantitative estimate of drug-likeness (QED) is 0.827. The second kappa shape index (κ2) is 7.83. The van der Waals surface area contributed by atoms with Gasteiger partial charge in [-0.2, -0.15) is 0 Å². The normalized spacial score (nSPS) is 10.2. The number of hydrogen-bond donors (Lipinski definition) is 2. The molecule has 2 rings (SSSR count). The van der Waals surface area contributed by atoms with Gasteiger partial charge in [0.15, 0.2) is 0 Å². The van der Waals surface area contributed by atoms with Crippen molar-refractivity contribution in [2.75, 3.05) is 18.1 Å². The van der Waals surface area contributed by atoms with E-state index in [-0.39, 0.29) is 18.4 Å². The maximum absolute atomic E-state index is 12.1. The molecule has 0 aliphatic carbocycles. The summed E-state index contributed by atoms with van der Waals surface area (Å²) < 4.78 is 0. The molecule has 2 amide bonds. The minimum atomic E-state index is -0.250. The molecule has 0 unspecified atom stereocenters. The molecule has 5 heteroatoms. The molecule has 0 heterocycles. The SMILES string of the molecule is CSc1cccc(NC(=O)CNC(=O)c2ccc(C)c(C)c2)c1. The maximum atomic E-state index is 12.1. The Morgan fingerprint density at radius 3 is 2.52 bits per heavy atom. The van der Waals surface area contributed by atoms with Crippen LogP contribution in [0.2, 0.25) is 0 Å². The van der Waals surface area contributed by atoms with Crippen molar-refractivity contribution in [3.8, 4) is 0 Å². The van der Waals surface area contributed by atoms with E-state index in [9.17, 15) is 9.59 Å². The summed E-state index contributed by atoms with van der Waals surface area (Å²) in [6.07, 6.45) is 1.98. The van der Waals surface area contributed by atoms with Crippen LogP contribution in [0.25, 0.3) is 0 Å². The van der Waals surface area contributed by atoms with Crippen molar-refractivity contribution in [2.45, 2.75) is 18.7 Å². The summed E-state index contributed by atoms with van der Waals surface area (Å²) in [4.78, 5) is 25.1. The molecule has 2 aromatic carbocycles. The van der Waals surface area contributed by atoms with Gasteiger partial charge in [-0.05, 0) is 61.6 Å². The number of rotatable bonds is 5. The van der Waals surface area contributed by atoms with Crippen LogP contribution in [0.5, 0.6) is 0 Å². The van der Waals surface area contributed by atoms with Crippen LogP contribution < -0.4 is 10.6 Å². The van der Waals surface area contributed by atoms with E-state index in [1.54, 1.807) is 17.8 Å². The van der Waals surface area contributed by atoms with Gasteiger partial charge in [0, 0.05) is 16.1 Å². The highest BCUT2D eigenvalue weighted by molar-refractivity contribution is 7.98. The van der Waals surface area contributed by atoms with E-state index < -0.39 is 0 Å². The zero-order valence-electron chi connectivity index (χ0n) is 13.5. The molecule has 0 aliphatic rings. The van der Waals surface area contributed by atoms with Crippen LogP contribution in [0, 0.1) is 13.8 Å². The molecule has 0 radical (unpaired) electrons. The van der Waals surface area contributed by atoms with E-state index in [4.69, 9.17) is 0 Å². The minimum absolute atomic E-state index is 0.0603. The number of hydrogen-bond acceptors (Lipinski definition) is 3. The number of benzene rings is 2. The van der Waals surface area contributed by atoms with Gasteiger partial charge < -0.3 is 10.6 Å². The summed E-state index contributed by atoms with van der Waals surface area (Å²) in [7, 11) is 0. The first-order chi connectivity index (χ1) is 11.0. The molecule has 23 heavy (non-hydrogen) atoms. The van der Waals surface area contributed by atoms with E-state index in [2.05, 4.69) is 10.6 Å². The van der Waals surface area contributed by atoms with Crippen molar-refractivity contribution >= 4 is 29.3 Å². The Morgan fingerprint density at radius 1 is 1.04 bits per heavy atom. The van der Waals surface area contributed by atoms with Gasteiger partial charge in [0.2, 0.25) is 5.91 Å². The van der Waals surface area contributed by atoms with Crippen molar-refractivity contribution in [2.24, 2.45) is 0 Å². The second-order valence-corrected chi connectivity index (χ2v) is 6.14. The molecule has 0 spiro atoms. The fraction of sp³-hybridized carbons (Fsp3) is 0.222. The highest BCUT2D eigenvalue weighted by atomic mass is 32.2. The third kappa shape index (κ3) is 4.86. The van der Waals surface area contributed by atoms with E-state index in [0.29, 0.717) is 5.56 Å². The number of aryl methyl sites for hydroxylation is 2. The molecule has 0 saturated heterocycles. The third-order valence-electron chi connectivity index (χ3n) is 3.53. The molecule has 0 fully saturated rings. The van der Waals surface area contributed by atoms with Crippen LogP contribution >= 0.6 is 11.8 Å². The smallest absolute Gasteiger partial charge is 0.251 e. The van der Waals surface area contributed by atoms with Gasteiger partial charge in [-0.15, -0.1) is 11.8 Å². The molecule has 0 aromatic heterocycles. The number of amides is 2. The van der Waals surface area contributed by atoms with Crippen molar-refractivity contribution in [1.82, 2.24) is 5.32 Å². The summed E-state index contributed by atoms with van der Waals surface area (Å²) in [5.74, 6) is -0.499. The van der Waals surface area contributed by atoms with Crippen LogP contribution in [0.3, 0.4) is 0 Å². The Morgan fingerprint density at radius 2 is 1.83 bits per heavy atom. The predicted octanol–water partition coefficient (Wildman–Crippen LogP) is 3.39. The maximum Gasteiger partial charge on any atom is 0.251 e. The van der Waals surface area contributed by atoms with Crippen LogP contribution in [0.15, 0.2) is 47.4 Å². The molecule has 0 saturated carbocycles. The number of carbonyl (C=O) groups excluding carboxylic acids is 2. The summed E-state index contributed by atoms with van der Waals surface area (Å²) in [6, 6.07) is 13.1. The molecule has 2 aromatic rings. The molecule has 0 atom stereocenters. The van der Waals surface area contributed by atoms with Crippen molar-refractivity contribution in [1.29, 1.82) is 0 Å². The zero-order valence-corrected chi connectivity index (χ0v) is 14.3. The first kappa shape index (κ1) is 17.1. The Kier molecular flexibility index (Phi) is 5.82. The minimum Gasteiger partial charge on any atom is -0.343 e. The molecule has 120 valence electrons. The van der Waals surface area contributed by atoms with Gasteiger partial charge >= 0.3 is 0 Å². The lowest BCUT2D eigenvalue weighted by molar-refractivity contribution is -0.115. The second-order valence-electron chi connectivity index (χ2n) is 5.26. The lowest BCUT2D eigenvalue weighted by atomic mass is 10.1. The number of anilines is 1. The lowest BCUT2D eigenvalue weighted by Gasteiger charge is -2.09. The molecular formula is C18H20N2O2S. The highest BCUT2D eigenvalue weighted by Crippen LogP contribution is 2.18. The summed E-state index contributed by atoms with van der Waals surface area (Å²) in [5.41, 5.74) is 3.47. The average molecular weight is 328 g/mol. The predicted molar refractivity (Wildman–Crippen MR) is 95.1 cm³/mol. The van der Waals surface area contributed by atoms with Gasteiger partial charge in [-0.25, -0.2) is 0 Å². The number of nitrogens with one attached hydrogen (secondary N) is 2. The fourth-order valence-corrected chi connectivity index (χ4v) is 2.51. The van der Waals surface area contributed by atoms with Gasteiger partial charge in [0.25, 0.3) is 5.91 Å². The number of thioether (sulfide) groups is 1. The standard InChI is InChI=1S/C18H20N2O2S/c1-12-7-8-14(9-13(12)2)18(22)19-11-17(21)20-15-5-4-6-16(10-15)23-3/h4-10H,11H2,1-3H3,(H,19,22)(H,20,21). The Balaban J connectivity index is 1.90. The van der Waals surface area contributed by atoms with Gasteiger partial charge in [-0.3, -0.25) is 9.59 Å². The Labute approximate surface area is 140 Å². The van der Waals surface area contributed by atoms with Gasteiger partial charge in [0.1, 0.15) is 0 Å². The molecule has 0 aliphatic heterocycles. The topological polar surface area (TPSA) is 58.2 Å². The monoisotopic (exact) mass is 328 g/mol. The van der Waals surface area contributed by atoms with Gasteiger partial charge in [0.05, 0.1) is 6.54 Å². The Bertz CT molecular complexity index is 729. The van der Waals surface area contributed by atoms with E-state index in [1.165, 1.54) is 0 Å². The van der Waals surface area contributed by atoms with Crippen LogP contribution in [0.1, 0.15) is 21.5 Å². The van der Waals surface area contributed by atoms with Crippen LogP contribution in [0.4, 0.5) is 5.69 Å².